The minimum atomic E-state index is -0.209. The van der Waals surface area contributed by atoms with Crippen LogP contribution >= 0.6 is 0 Å². The van der Waals surface area contributed by atoms with Crippen LogP contribution in [-0.2, 0) is 4.79 Å². The zero-order valence-corrected chi connectivity index (χ0v) is 17.0. The van der Waals surface area contributed by atoms with E-state index in [4.69, 9.17) is 18.9 Å². The van der Waals surface area contributed by atoms with Gasteiger partial charge >= 0.3 is 0 Å². The van der Waals surface area contributed by atoms with Gasteiger partial charge in [0.1, 0.15) is 0 Å². The van der Waals surface area contributed by atoms with Crippen LogP contribution in [0.15, 0.2) is 42.5 Å². The third-order valence-corrected chi connectivity index (χ3v) is 4.02. The molecule has 0 saturated heterocycles. The Morgan fingerprint density at radius 1 is 0.897 bits per heavy atom. The Morgan fingerprint density at radius 2 is 1.55 bits per heavy atom. The molecule has 0 atom stereocenters. The number of benzene rings is 2. The van der Waals surface area contributed by atoms with Crippen LogP contribution < -0.4 is 24.3 Å². The third kappa shape index (κ3) is 6.00. The normalized spacial score (nSPS) is 10.5. The van der Waals surface area contributed by atoms with Gasteiger partial charge in [0.2, 0.25) is 0 Å². The molecule has 2 aromatic carbocycles. The summed E-state index contributed by atoms with van der Waals surface area (Å²) in [6.45, 7) is 2.28. The lowest BCUT2D eigenvalue weighted by molar-refractivity contribution is -0.123. The second kappa shape index (κ2) is 10.8. The fourth-order valence-electron chi connectivity index (χ4n) is 2.56. The van der Waals surface area contributed by atoms with E-state index in [2.05, 4.69) is 5.32 Å². The van der Waals surface area contributed by atoms with Crippen molar-refractivity contribution in [3.05, 3.63) is 53.6 Å². The molecule has 0 bridgehead atoms. The van der Waals surface area contributed by atoms with Gasteiger partial charge in [0.05, 0.1) is 21.3 Å². The Balaban J connectivity index is 2.11. The number of carbonyl (C=O) groups excluding carboxylic acids is 2. The lowest BCUT2D eigenvalue weighted by atomic mass is 10.1. The standard InChI is InChI=1S/C22H25NO6/c1-5-23-22(25)14-29-19-10-7-15(12-20(19)27-3)6-9-17(24)16-8-11-18(26-2)21(13-16)28-4/h6-13H,5,14H2,1-4H3,(H,23,25)/b9-6+. The van der Waals surface area contributed by atoms with E-state index in [1.54, 1.807) is 42.5 Å². The molecule has 1 N–H and O–H groups in total. The number of hydrogen-bond donors (Lipinski definition) is 1. The van der Waals surface area contributed by atoms with Gasteiger partial charge in [-0.25, -0.2) is 0 Å². The minimum Gasteiger partial charge on any atom is -0.493 e. The summed E-state index contributed by atoms with van der Waals surface area (Å²) >= 11 is 0. The van der Waals surface area contributed by atoms with E-state index in [0.717, 1.165) is 5.56 Å². The van der Waals surface area contributed by atoms with Crippen molar-refractivity contribution < 1.29 is 28.5 Å². The van der Waals surface area contributed by atoms with E-state index in [1.807, 2.05) is 6.92 Å². The number of ether oxygens (including phenoxy) is 4. The highest BCUT2D eigenvalue weighted by molar-refractivity contribution is 6.07. The monoisotopic (exact) mass is 399 g/mol. The number of ketones is 1. The topological polar surface area (TPSA) is 83.1 Å². The number of rotatable bonds is 10. The number of likely N-dealkylation sites (N-methyl/N-ethyl adjacent to an activating group) is 1. The van der Waals surface area contributed by atoms with E-state index >= 15 is 0 Å². The van der Waals surface area contributed by atoms with E-state index in [0.29, 0.717) is 35.1 Å². The van der Waals surface area contributed by atoms with Crippen LogP contribution in [0.4, 0.5) is 0 Å². The molecule has 0 unspecified atom stereocenters. The SMILES string of the molecule is CCNC(=O)COc1ccc(/C=C/C(=O)c2ccc(OC)c(OC)c2)cc1OC. The Morgan fingerprint density at radius 3 is 2.21 bits per heavy atom. The summed E-state index contributed by atoms with van der Waals surface area (Å²) in [6, 6.07) is 10.2. The van der Waals surface area contributed by atoms with E-state index in [9.17, 15) is 9.59 Å². The van der Waals surface area contributed by atoms with Crippen LogP contribution in [0.25, 0.3) is 6.08 Å². The number of nitrogens with one attached hydrogen (secondary N) is 1. The van der Waals surface area contributed by atoms with Crippen molar-refractivity contribution in [2.45, 2.75) is 6.92 Å². The van der Waals surface area contributed by atoms with E-state index in [1.165, 1.54) is 27.4 Å². The summed E-state index contributed by atoms with van der Waals surface area (Å²) in [4.78, 5) is 24.0. The van der Waals surface area contributed by atoms with E-state index < -0.39 is 0 Å². The first-order chi connectivity index (χ1) is 14.0. The summed E-state index contributed by atoms with van der Waals surface area (Å²) in [5, 5.41) is 2.66. The predicted molar refractivity (Wildman–Crippen MR) is 110 cm³/mol. The molecule has 0 radical (unpaired) electrons. The van der Waals surface area contributed by atoms with Crippen molar-refractivity contribution in [2.24, 2.45) is 0 Å². The van der Waals surface area contributed by atoms with Gasteiger partial charge in [0, 0.05) is 12.1 Å². The fourth-order valence-corrected chi connectivity index (χ4v) is 2.56. The smallest absolute Gasteiger partial charge is 0.257 e. The number of carbonyl (C=O) groups is 2. The highest BCUT2D eigenvalue weighted by Gasteiger charge is 2.10. The largest absolute Gasteiger partial charge is 0.493 e. The van der Waals surface area contributed by atoms with Gasteiger partial charge in [0.15, 0.2) is 35.4 Å². The molecule has 29 heavy (non-hydrogen) atoms. The Bertz CT molecular complexity index is 891. The van der Waals surface area contributed by atoms with E-state index in [-0.39, 0.29) is 18.3 Å². The lowest BCUT2D eigenvalue weighted by Crippen LogP contribution is -2.28. The molecular formula is C22H25NO6. The molecule has 154 valence electrons. The van der Waals surface area contributed by atoms with Gasteiger partial charge < -0.3 is 24.3 Å². The van der Waals surface area contributed by atoms with Gasteiger partial charge in [-0.3, -0.25) is 9.59 Å². The molecule has 1 amide bonds. The molecular weight excluding hydrogens is 374 g/mol. The highest BCUT2D eigenvalue weighted by Crippen LogP contribution is 2.29. The van der Waals surface area contributed by atoms with Crippen molar-refractivity contribution in [2.75, 3.05) is 34.5 Å². The fraction of sp³-hybridized carbons (Fsp3) is 0.273. The second-order valence-electron chi connectivity index (χ2n) is 5.92. The summed E-state index contributed by atoms with van der Waals surface area (Å²) in [5.74, 6) is 1.57. The molecule has 7 nitrogen and oxygen atoms in total. The maximum absolute atomic E-state index is 12.5. The first kappa shape index (κ1) is 21.8. The molecule has 0 aromatic heterocycles. The predicted octanol–water partition coefficient (Wildman–Crippen LogP) is 3.12. The quantitative estimate of drug-likeness (QED) is 0.488. The molecule has 0 spiro atoms. The molecule has 7 heteroatoms. The van der Waals surface area contributed by atoms with Gasteiger partial charge in [-0.05, 0) is 48.9 Å². The number of allylic oxidation sites excluding steroid dienone is 1. The minimum absolute atomic E-state index is 0.100. The van der Waals surface area contributed by atoms with Crippen molar-refractivity contribution in [1.82, 2.24) is 5.32 Å². The molecule has 0 saturated carbocycles. The number of hydrogen-bond acceptors (Lipinski definition) is 6. The summed E-state index contributed by atoms with van der Waals surface area (Å²) < 4.78 is 21.2. The van der Waals surface area contributed by atoms with Crippen LogP contribution in [-0.4, -0.2) is 46.2 Å². The van der Waals surface area contributed by atoms with Crippen LogP contribution in [0.1, 0.15) is 22.8 Å². The van der Waals surface area contributed by atoms with Crippen LogP contribution in [0.2, 0.25) is 0 Å². The first-order valence-electron chi connectivity index (χ1n) is 9.04. The summed E-state index contributed by atoms with van der Waals surface area (Å²) in [7, 11) is 4.57. The van der Waals surface area contributed by atoms with Crippen molar-refractivity contribution in [1.29, 1.82) is 0 Å². The molecule has 0 fully saturated rings. The number of methoxy groups -OCH3 is 3. The van der Waals surface area contributed by atoms with Gasteiger partial charge in [-0.1, -0.05) is 12.1 Å². The average Bonchev–Trinajstić information content (AvgIpc) is 2.75. The molecule has 0 heterocycles. The zero-order chi connectivity index (χ0) is 21.2. The zero-order valence-electron chi connectivity index (χ0n) is 17.0. The second-order valence-corrected chi connectivity index (χ2v) is 5.92. The Labute approximate surface area is 170 Å². The molecule has 0 aliphatic rings. The highest BCUT2D eigenvalue weighted by atomic mass is 16.5. The maximum atomic E-state index is 12.5. The van der Waals surface area contributed by atoms with Crippen LogP contribution in [0, 0.1) is 0 Å². The summed E-state index contributed by atoms with van der Waals surface area (Å²) in [5.41, 5.74) is 1.23. The maximum Gasteiger partial charge on any atom is 0.257 e. The van der Waals surface area contributed by atoms with Crippen molar-refractivity contribution in [3.63, 3.8) is 0 Å². The third-order valence-electron chi connectivity index (χ3n) is 4.02. The summed E-state index contributed by atoms with van der Waals surface area (Å²) in [6.07, 6.45) is 3.14. The Kier molecular flexibility index (Phi) is 8.09. The number of amides is 1. The lowest BCUT2D eigenvalue weighted by Gasteiger charge is -2.11. The first-order valence-corrected chi connectivity index (χ1v) is 9.04. The molecule has 2 aromatic rings. The van der Waals surface area contributed by atoms with Crippen LogP contribution in [0.5, 0.6) is 23.0 Å². The van der Waals surface area contributed by atoms with Gasteiger partial charge in [-0.15, -0.1) is 0 Å². The van der Waals surface area contributed by atoms with Crippen molar-refractivity contribution in [3.8, 4) is 23.0 Å². The molecule has 0 aliphatic carbocycles. The Hall–Kier alpha value is -3.48. The average molecular weight is 399 g/mol. The molecule has 0 aliphatic heterocycles. The van der Waals surface area contributed by atoms with Gasteiger partial charge in [0.25, 0.3) is 5.91 Å². The van der Waals surface area contributed by atoms with Crippen LogP contribution in [0.3, 0.4) is 0 Å². The van der Waals surface area contributed by atoms with Crippen molar-refractivity contribution >= 4 is 17.8 Å². The van der Waals surface area contributed by atoms with Gasteiger partial charge in [-0.2, -0.15) is 0 Å². The molecule has 2 rings (SSSR count).